The van der Waals surface area contributed by atoms with Crippen molar-refractivity contribution < 1.29 is 8.42 Å². The summed E-state index contributed by atoms with van der Waals surface area (Å²) in [7, 11) is -3.77. The highest BCUT2D eigenvalue weighted by Crippen LogP contribution is 2.26. The van der Waals surface area contributed by atoms with Crippen LogP contribution in [0.15, 0.2) is 35.4 Å². The molecule has 0 aliphatic rings. The third-order valence-corrected chi connectivity index (χ3v) is 4.49. The lowest BCUT2D eigenvalue weighted by Gasteiger charge is -2.13. The number of rotatable bonds is 3. The molecule has 2 aromatic rings. The van der Waals surface area contributed by atoms with Crippen molar-refractivity contribution in [3.63, 3.8) is 0 Å². The van der Waals surface area contributed by atoms with Crippen molar-refractivity contribution >= 4 is 21.4 Å². The Morgan fingerprint density at radius 3 is 2.52 bits per heavy atom. The minimum Gasteiger partial charge on any atom is -0.398 e. The second-order valence-electron chi connectivity index (χ2n) is 4.57. The van der Waals surface area contributed by atoms with Crippen LogP contribution in [-0.2, 0) is 10.0 Å². The molecule has 7 heteroatoms. The topological polar surface area (TPSA) is 109 Å². The molecule has 0 fully saturated rings. The molecule has 2 rings (SSSR count). The van der Waals surface area contributed by atoms with Gasteiger partial charge in [-0.25, -0.2) is 13.4 Å². The lowest BCUT2D eigenvalue weighted by Crippen LogP contribution is -2.14. The van der Waals surface area contributed by atoms with Gasteiger partial charge in [-0.2, -0.15) is 5.26 Å². The van der Waals surface area contributed by atoms with E-state index in [1.165, 1.54) is 12.1 Å². The van der Waals surface area contributed by atoms with E-state index in [9.17, 15) is 8.42 Å². The summed E-state index contributed by atoms with van der Waals surface area (Å²) in [5.74, 6) is 0. The van der Waals surface area contributed by atoms with Crippen molar-refractivity contribution in [3.8, 4) is 6.07 Å². The van der Waals surface area contributed by atoms with Gasteiger partial charge < -0.3 is 5.73 Å². The Bertz CT molecular complexity index is 821. The van der Waals surface area contributed by atoms with Crippen molar-refractivity contribution in [3.05, 3.63) is 47.3 Å². The first-order valence-electron chi connectivity index (χ1n) is 6.10. The Labute approximate surface area is 123 Å². The van der Waals surface area contributed by atoms with Crippen LogP contribution in [0.2, 0.25) is 0 Å². The van der Waals surface area contributed by atoms with Crippen LogP contribution in [0.1, 0.15) is 16.8 Å². The molecule has 0 saturated carbocycles. The lowest BCUT2D eigenvalue weighted by atomic mass is 10.1. The van der Waals surface area contributed by atoms with E-state index in [0.29, 0.717) is 16.9 Å². The molecule has 1 aromatic heterocycles. The molecule has 0 radical (unpaired) electrons. The third kappa shape index (κ3) is 2.95. The predicted octanol–water partition coefficient (Wildman–Crippen LogP) is 1.95. The van der Waals surface area contributed by atoms with Gasteiger partial charge in [0, 0.05) is 11.9 Å². The Balaban J connectivity index is 2.38. The normalized spacial score (nSPS) is 10.9. The quantitative estimate of drug-likeness (QED) is 0.842. The Kier molecular flexibility index (Phi) is 3.82. The van der Waals surface area contributed by atoms with Crippen LogP contribution in [-0.4, -0.2) is 13.4 Å². The molecule has 108 valence electrons. The van der Waals surface area contributed by atoms with E-state index in [1.807, 2.05) is 13.0 Å². The van der Waals surface area contributed by atoms with Gasteiger partial charge in [-0.1, -0.05) is 6.07 Å². The molecule has 0 bridgehead atoms. The number of nitrogens with zero attached hydrogens (tertiary/aromatic N) is 2. The fourth-order valence-corrected chi connectivity index (χ4v) is 2.85. The molecule has 0 amide bonds. The number of sulfonamides is 1. The molecule has 0 aliphatic heterocycles. The van der Waals surface area contributed by atoms with Gasteiger partial charge in [0.15, 0.2) is 0 Å². The SMILES string of the molecule is Cc1ccc(NS(=O)(=O)c2ccc(C#N)nc2)c(C)c1N. The van der Waals surface area contributed by atoms with Gasteiger partial charge in [-0.05, 0) is 43.2 Å². The Hall–Kier alpha value is -2.59. The number of hydrogen-bond donors (Lipinski definition) is 2. The summed E-state index contributed by atoms with van der Waals surface area (Å²) < 4.78 is 27.0. The molecule has 0 atom stereocenters. The Morgan fingerprint density at radius 2 is 1.95 bits per heavy atom. The molecule has 1 heterocycles. The minimum atomic E-state index is -3.77. The summed E-state index contributed by atoms with van der Waals surface area (Å²) in [6.45, 7) is 3.60. The summed E-state index contributed by atoms with van der Waals surface area (Å²) in [4.78, 5) is 3.74. The molecule has 6 nitrogen and oxygen atoms in total. The van der Waals surface area contributed by atoms with Crippen LogP contribution in [0, 0.1) is 25.2 Å². The maximum atomic E-state index is 12.3. The fraction of sp³-hybridized carbons (Fsp3) is 0.143. The number of aryl methyl sites for hydroxylation is 1. The first kappa shape index (κ1) is 14.8. The van der Waals surface area contributed by atoms with Crippen LogP contribution in [0.3, 0.4) is 0 Å². The van der Waals surface area contributed by atoms with E-state index in [2.05, 4.69) is 9.71 Å². The number of aromatic nitrogens is 1. The highest BCUT2D eigenvalue weighted by Gasteiger charge is 2.16. The number of nitrogens with one attached hydrogen (secondary N) is 1. The molecule has 3 N–H and O–H groups in total. The van der Waals surface area contributed by atoms with Crippen LogP contribution in [0.25, 0.3) is 0 Å². The monoisotopic (exact) mass is 302 g/mol. The average Bonchev–Trinajstić information content (AvgIpc) is 2.48. The number of benzene rings is 1. The lowest BCUT2D eigenvalue weighted by molar-refractivity contribution is 0.600. The molecule has 21 heavy (non-hydrogen) atoms. The van der Waals surface area contributed by atoms with Crippen molar-refractivity contribution in [1.29, 1.82) is 5.26 Å². The van der Waals surface area contributed by atoms with Gasteiger partial charge in [0.2, 0.25) is 0 Å². The van der Waals surface area contributed by atoms with Crippen LogP contribution in [0.4, 0.5) is 11.4 Å². The van der Waals surface area contributed by atoms with Crippen molar-refractivity contribution in [2.24, 2.45) is 0 Å². The number of nitrogens with two attached hydrogens (primary N) is 1. The van der Waals surface area contributed by atoms with Crippen molar-refractivity contribution in [1.82, 2.24) is 4.98 Å². The zero-order chi connectivity index (χ0) is 15.6. The van der Waals surface area contributed by atoms with Crippen LogP contribution in [0.5, 0.6) is 0 Å². The van der Waals surface area contributed by atoms with Gasteiger partial charge in [0.05, 0.1) is 5.69 Å². The molecule has 0 aliphatic carbocycles. The maximum absolute atomic E-state index is 12.3. The number of anilines is 2. The van der Waals surface area contributed by atoms with Gasteiger partial charge in [0.1, 0.15) is 16.7 Å². The highest BCUT2D eigenvalue weighted by molar-refractivity contribution is 7.92. The van der Waals surface area contributed by atoms with Crippen LogP contribution >= 0.6 is 0 Å². The van der Waals surface area contributed by atoms with Crippen molar-refractivity contribution in [2.45, 2.75) is 18.7 Å². The summed E-state index contributed by atoms with van der Waals surface area (Å²) >= 11 is 0. The number of nitriles is 1. The fourth-order valence-electron chi connectivity index (χ4n) is 1.78. The van der Waals surface area contributed by atoms with E-state index in [-0.39, 0.29) is 10.6 Å². The summed E-state index contributed by atoms with van der Waals surface area (Å²) in [5.41, 5.74) is 8.57. The second-order valence-corrected chi connectivity index (χ2v) is 6.25. The van der Waals surface area contributed by atoms with E-state index >= 15 is 0 Å². The molecular weight excluding hydrogens is 288 g/mol. The zero-order valence-corrected chi connectivity index (χ0v) is 12.4. The van der Waals surface area contributed by atoms with Crippen LogP contribution < -0.4 is 10.5 Å². The summed E-state index contributed by atoms with van der Waals surface area (Å²) in [6, 6.07) is 7.93. The minimum absolute atomic E-state index is 0.0138. The zero-order valence-electron chi connectivity index (χ0n) is 11.6. The van der Waals surface area contributed by atoms with E-state index in [4.69, 9.17) is 11.0 Å². The van der Waals surface area contributed by atoms with E-state index in [1.54, 1.807) is 19.1 Å². The molecular formula is C14H14N4O2S. The molecule has 0 spiro atoms. The smallest absolute Gasteiger partial charge is 0.263 e. The summed E-state index contributed by atoms with van der Waals surface area (Å²) in [6.07, 6.45) is 1.15. The average molecular weight is 302 g/mol. The van der Waals surface area contributed by atoms with Gasteiger partial charge in [0.25, 0.3) is 10.0 Å². The maximum Gasteiger partial charge on any atom is 0.263 e. The summed E-state index contributed by atoms with van der Waals surface area (Å²) in [5, 5.41) is 8.67. The van der Waals surface area contributed by atoms with Gasteiger partial charge in [-0.15, -0.1) is 0 Å². The molecule has 1 aromatic carbocycles. The number of nitrogen functional groups attached to an aromatic ring is 1. The molecule has 0 unspecified atom stereocenters. The van der Waals surface area contributed by atoms with E-state index in [0.717, 1.165) is 11.8 Å². The first-order chi connectivity index (χ1) is 9.85. The largest absolute Gasteiger partial charge is 0.398 e. The van der Waals surface area contributed by atoms with Gasteiger partial charge in [-0.3, -0.25) is 4.72 Å². The predicted molar refractivity (Wildman–Crippen MR) is 80.1 cm³/mol. The third-order valence-electron chi connectivity index (χ3n) is 3.14. The number of pyridine rings is 1. The van der Waals surface area contributed by atoms with Gasteiger partial charge >= 0.3 is 0 Å². The second kappa shape index (κ2) is 5.42. The standard InChI is InChI=1S/C14H14N4O2S/c1-9-3-6-13(10(2)14(9)16)18-21(19,20)12-5-4-11(7-15)17-8-12/h3-6,8,18H,16H2,1-2H3. The first-order valence-corrected chi connectivity index (χ1v) is 7.58. The highest BCUT2D eigenvalue weighted by atomic mass is 32.2. The van der Waals surface area contributed by atoms with Crippen molar-refractivity contribution in [2.75, 3.05) is 10.5 Å². The molecule has 0 saturated heterocycles. The van der Waals surface area contributed by atoms with E-state index < -0.39 is 10.0 Å². The number of hydrogen-bond acceptors (Lipinski definition) is 5. The Morgan fingerprint density at radius 1 is 1.24 bits per heavy atom.